The van der Waals surface area contributed by atoms with Gasteiger partial charge in [-0.3, -0.25) is 4.79 Å². The van der Waals surface area contributed by atoms with Crippen molar-refractivity contribution in [1.29, 1.82) is 0 Å². The molecule has 2 aromatic carbocycles. The standard InChI is InChI=1S/C21H25BrN2O5S/c1-15-13-19(30(26,27)24-9-11-28-12-10-24)7-8-20(15)29-14-21(25)23-16(2)17-3-5-18(22)6-4-17/h3-8,13,16H,9-12,14H2,1-2H3,(H,23,25)/t16-/m1/s1. The molecule has 30 heavy (non-hydrogen) atoms. The maximum atomic E-state index is 12.8. The molecule has 1 heterocycles. The number of nitrogens with zero attached hydrogens (tertiary/aromatic N) is 1. The molecule has 1 N–H and O–H groups in total. The summed E-state index contributed by atoms with van der Waals surface area (Å²) < 4.78 is 38.7. The van der Waals surface area contributed by atoms with E-state index in [-0.39, 0.29) is 23.5 Å². The first-order valence-corrected chi connectivity index (χ1v) is 11.9. The van der Waals surface area contributed by atoms with Gasteiger partial charge in [-0.1, -0.05) is 28.1 Å². The van der Waals surface area contributed by atoms with E-state index in [2.05, 4.69) is 21.2 Å². The lowest BCUT2D eigenvalue weighted by atomic mass is 10.1. The van der Waals surface area contributed by atoms with Crippen LogP contribution in [0.15, 0.2) is 51.8 Å². The van der Waals surface area contributed by atoms with Crippen LogP contribution in [0.4, 0.5) is 0 Å². The molecule has 0 aromatic heterocycles. The van der Waals surface area contributed by atoms with E-state index in [0.717, 1.165) is 10.0 Å². The minimum atomic E-state index is -3.57. The average molecular weight is 497 g/mol. The number of hydrogen-bond donors (Lipinski definition) is 1. The summed E-state index contributed by atoms with van der Waals surface area (Å²) in [6, 6.07) is 12.2. The van der Waals surface area contributed by atoms with Crippen LogP contribution in [-0.2, 0) is 19.6 Å². The summed E-state index contributed by atoms with van der Waals surface area (Å²) >= 11 is 3.39. The maximum Gasteiger partial charge on any atom is 0.258 e. The van der Waals surface area contributed by atoms with Crippen LogP contribution in [0.1, 0.15) is 24.1 Å². The van der Waals surface area contributed by atoms with Gasteiger partial charge >= 0.3 is 0 Å². The van der Waals surface area contributed by atoms with Crippen LogP contribution in [-0.4, -0.2) is 51.5 Å². The molecule has 0 unspecified atom stereocenters. The van der Waals surface area contributed by atoms with E-state index >= 15 is 0 Å². The summed E-state index contributed by atoms with van der Waals surface area (Å²) in [5, 5.41) is 2.89. The molecule has 1 saturated heterocycles. The topological polar surface area (TPSA) is 84.9 Å². The lowest BCUT2D eigenvalue weighted by molar-refractivity contribution is -0.123. The quantitative estimate of drug-likeness (QED) is 0.636. The van der Waals surface area contributed by atoms with E-state index in [1.54, 1.807) is 19.1 Å². The Labute approximate surface area is 185 Å². The van der Waals surface area contributed by atoms with Crippen molar-refractivity contribution in [2.45, 2.75) is 24.8 Å². The van der Waals surface area contributed by atoms with Gasteiger partial charge in [-0.2, -0.15) is 4.31 Å². The zero-order valence-corrected chi connectivity index (χ0v) is 19.3. The third kappa shape index (κ3) is 5.60. The molecule has 1 fully saturated rings. The van der Waals surface area contributed by atoms with Crippen LogP contribution in [0, 0.1) is 6.92 Å². The van der Waals surface area contributed by atoms with Gasteiger partial charge in [0.05, 0.1) is 24.2 Å². The van der Waals surface area contributed by atoms with Crippen molar-refractivity contribution < 1.29 is 22.7 Å². The number of ether oxygens (including phenoxy) is 2. The number of amides is 1. The molecular weight excluding hydrogens is 472 g/mol. The SMILES string of the molecule is Cc1cc(S(=O)(=O)N2CCOCC2)ccc1OCC(=O)N[C@H](C)c1ccc(Br)cc1. The molecule has 3 rings (SSSR count). The normalized spacial score (nSPS) is 16.1. The van der Waals surface area contributed by atoms with Crippen LogP contribution < -0.4 is 10.1 Å². The van der Waals surface area contributed by atoms with Crippen molar-refractivity contribution >= 4 is 31.9 Å². The Hall–Kier alpha value is -1.94. The van der Waals surface area contributed by atoms with Crippen LogP contribution in [0.3, 0.4) is 0 Å². The molecule has 1 aliphatic rings. The molecule has 0 aliphatic carbocycles. The third-order valence-electron chi connectivity index (χ3n) is 4.86. The lowest BCUT2D eigenvalue weighted by Gasteiger charge is -2.26. The Balaban J connectivity index is 1.59. The summed E-state index contributed by atoms with van der Waals surface area (Å²) in [5.41, 5.74) is 1.64. The number of benzene rings is 2. The number of halogens is 1. The zero-order valence-electron chi connectivity index (χ0n) is 16.9. The van der Waals surface area contributed by atoms with Gasteiger partial charge < -0.3 is 14.8 Å². The number of morpholine rings is 1. The molecule has 1 amide bonds. The summed E-state index contributed by atoms with van der Waals surface area (Å²) in [4.78, 5) is 12.5. The minimum Gasteiger partial charge on any atom is -0.484 e. The highest BCUT2D eigenvalue weighted by atomic mass is 79.9. The Morgan fingerprint density at radius 1 is 1.20 bits per heavy atom. The molecule has 7 nitrogen and oxygen atoms in total. The molecule has 0 saturated carbocycles. The molecule has 1 atom stereocenters. The van der Waals surface area contributed by atoms with Gasteiger partial charge in [-0.15, -0.1) is 0 Å². The van der Waals surface area contributed by atoms with Gasteiger partial charge in [0.2, 0.25) is 10.0 Å². The number of carbonyl (C=O) groups excluding carboxylic acids is 1. The first-order valence-electron chi connectivity index (χ1n) is 9.63. The van der Waals surface area contributed by atoms with Crippen molar-refractivity contribution in [2.24, 2.45) is 0 Å². The molecule has 0 radical (unpaired) electrons. The highest BCUT2D eigenvalue weighted by Gasteiger charge is 2.26. The summed E-state index contributed by atoms with van der Waals surface area (Å²) in [6.45, 7) is 4.98. The van der Waals surface area contributed by atoms with E-state index in [9.17, 15) is 13.2 Å². The average Bonchev–Trinajstić information content (AvgIpc) is 2.73. The molecule has 1 aliphatic heterocycles. The predicted molar refractivity (Wildman–Crippen MR) is 117 cm³/mol. The first-order chi connectivity index (χ1) is 14.3. The van der Waals surface area contributed by atoms with Gasteiger partial charge in [-0.25, -0.2) is 8.42 Å². The second-order valence-corrected chi connectivity index (χ2v) is 9.93. The van der Waals surface area contributed by atoms with E-state index in [4.69, 9.17) is 9.47 Å². The summed E-state index contributed by atoms with van der Waals surface area (Å²) in [7, 11) is -3.57. The fourth-order valence-corrected chi connectivity index (χ4v) is 4.90. The van der Waals surface area contributed by atoms with Gasteiger partial charge in [0.1, 0.15) is 5.75 Å². The number of sulfonamides is 1. The molecule has 0 spiro atoms. The predicted octanol–water partition coefficient (Wildman–Crippen LogP) is 3.03. The van der Waals surface area contributed by atoms with E-state index in [1.807, 2.05) is 31.2 Å². The molecular formula is C21H25BrN2O5S. The Kier molecular flexibility index (Phi) is 7.51. The van der Waals surface area contributed by atoms with E-state index in [0.29, 0.717) is 37.6 Å². The van der Waals surface area contributed by atoms with Gasteiger partial charge in [-0.05, 0) is 55.3 Å². The highest BCUT2D eigenvalue weighted by molar-refractivity contribution is 9.10. The van der Waals surface area contributed by atoms with Crippen molar-refractivity contribution in [2.75, 3.05) is 32.9 Å². The molecule has 9 heteroatoms. The monoisotopic (exact) mass is 496 g/mol. The van der Waals surface area contributed by atoms with Gasteiger partial charge in [0.15, 0.2) is 6.61 Å². The number of rotatable bonds is 7. The molecule has 0 bridgehead atoms. The number of aryl methyl sites for hydroxylation is 1. The van der Waals surface area contributed by atoms with Crippen molar-refractivity contribution in [1.82, 2.24) is 9.62 Å². The van der Waals surface area contributed by atoms with Crippen molar-refractivity contribution in [3.63, 3.8) is 0 Å². The van der Waals surface area contributed by atoms with Gasteiger partial charge in [0, 0.05) is 17.6 Å². The minimum absolute atomic E-state index is 0.155. The van der Waals surface area contributed by atoms with Gasteiger partial charge in [0.25, 0.3) is 5.91 Å². The van der Waals surface area contributed by atoms with Crippen LogP contribution in [0.25, 0.3) is 0 Å². The molecule has 162 valence electrons. The Morgan fingerprint density at radius 2 is 1.87 bits per heavy atom. The van der Waals surface area contributed by atoms with E-state index in [1.165, 1.54) is 10.4 Å². The third-order valence-corrected chi connectivity index (χ3v) is 7.28. The fourth-order valence-electron chi connectivity index (χ4n) is 3.14. The first kappa shape index (κ1) is 22.7. The Morgan fingerprint density at radius 3 is 2.50 bits per heavy atom. The van der Waals surface area contributed by atoms with Crippen LogP contribution in [0.2, 0.25) is 0 Å². The van der Waals surface area contributed by atoms with E-state index < -0.39 is 10.0 Å². The summed E-state index contributed by atoms with van der Waals surface area (Å²) in [5.74, 6) is 0.220. The largest absolute Gasteiger partial charge is 0.484 e. The smallest absolute Gasteiger partial charge is 0.258 e. The number of carbonyl (C=O) groups is 1. The summed E-state index contributed by atoms with van der Waals surface area (Å²) in [6.07, 6.45) is 0. The number of hydrogen-bond acceptors (Lipinski definition) is 5. The number of nitrogens with one attached hydrogen (secondary N) is 1. The van der Waals surface area contributed by atoms with Crippen molar-refractivity contribution in [3.05, 3.63) is 58.1 Å². The zero-order chi connectivity index (χ0) is 21.7. The Bertz CT molecular complexity index is 989. The lowest BCUT2D eigenvalue weighted by Crippen LogP contribution is -2.40. The second kappa shape index (κ2) is 9.91. The second-order valence-electron chi connectivity index (χ2n) is 7.07. The van der Waals surface area contributed by atoms with Crippen LogP contribution >= 0.6 is 15.9 Å². The maximum absolute atomic E-state index is 12.8. The van der Waals surface area contributed by atoms with Crippen LogP contribution in [0.5, 0.6) is 5.75 Å². The highest BCUT2D eigenvalue weighted by Crippen LogP contribution is 2.24. The fraction of sp³-hybridized carbons (Fsp3) is 0.381. The van der Waals surface area contributed by atoms with Crippen molar-refractivity contribution in [3.8, 4) is 5.75 Å². The molecule has 2 aromatic rings.